The Morgan fingerprint density at radius 1 is 1.62 bits per heavy atom. The van der Waals surface area contributed by atoms with Crippen LogP contribution in [0.1, 0.15) is 11.6 Å². The lowest BCUT2D eigenvalue weighted by Gasteiger charge is -2.13. The molecule has 5 heteroatoms. The van der Waals surface area contributed by atoms with E-state index in [9.17, 15) is 0 Å². The second-order valence-electron chi connectivity index (χ2n) is 3.36. The lowest BCUT2D eigenvalue weighted by molar-refractivity contribution is 0.104. The van der Waals surface area contributed by atoms with Gasteiger partial charge in [-0.05, 0) is 0 Å². The molecule has 2 heterocycles. The van der Waals surface area contributed by atoms with Crippen LogP contribution in [0.15, 0.2) is 6.20 Å². The molecule has 72 valence electrons. The van der Waals surface area contributed by atoms with Gasteiger partial charge in [0.05, 0.1) is 11.8 Å². The fraction of sp³-hybridized carbons (Fsp3) is 0.750. The van der Waals surface area contributed by atoms with Gasteiger partial charge in [0.2, 0.25) is 0 Å². The van der Waals surface area contributed by atoms with Gasteiger partial charge in [-0.2, -0.15) is 0 Å². The largest absolute Gasteiger partial charge is 0.379 e. The smallest absolute Gasteiger partial charge is 0.0897 e. The van der Waals surface area contributed by atoms with E-state index >= 15 is 0 Å². The Labute approximate surface area is 77.1 Å². The Balaban J connectivity index is 2.15. The topological polar surface area (TPSA) is 52.0 Å². The third-order valence-electron chi connectivity index (χ3n) is 2.46. The van der Waals surface area contributed by atoms with Crippen molar-refractivity contribution in [2.75, 3.05) is 20.2 Å². The van der Waals surface area contributed by atoms with E-state index in [1.165, 1.54) is 0 Å². The first-order chi connectivity index (χ1) is 6.31. The molecule has 2 atom stereocenters. The summed E-state index contributed by atoms with van der Waals surface area (Å²) < 4.78 is 7.07. The molecule has 1 fully saturated rings. The summed E-state index contributed by atoms with van der Waals surface area (Å²) in [5.41, 5.74) is 1.01. The molecule has 0 aromatic carbocycles. The van der Waals surface area contributed by atoms with Crippen molar-refractivity contribution in [2.45, 2.75) is 12.0 Å². The number of aryl methyl sites for hydroxylation is 1. The predicted octanol–water partition coefficient (Wildman–Crippen LogP) is -0.483. The van der Waals surface area contributed by atoms with Gasteiger partial charge >= 0.3 is 0 Å². The van der Waals surface area contributed by atoms with Crippen LogP contribution in [0.25, 0.3) is 0 Å². The Bertz CT molecular complexity index is 285. The molecule has 0 radical (unpaired) electrons. The molecule has 5 nitrogen and oxygen atoms in total. The molecule has 0 amide bonds. The maximum Gasteiger partial charge on any atom is 0.0897 e. The van der Waals surface area contributed by atoms with Gasteiger partial charge in [0.25, 0.3) is 0 Å². The van der Waals surface area contributed by atoms with Crippen LogP contribution in [-0.2, 0) is 11.8 Å². The zero-order valence-electron chi connectivity index (χ0n) is 7.90. The molecule has 1 saturated heterocycles. The van der Waals surface area contributed by atoms with Gasteiger partial charge in [0.1, 0.15) is 0 Å². The molecule has 13 heavy (non-hydrogen) atoms. The Morgan fingerprint density at radius 2 is 2.46 bits per heavy atom. The zero-order valence-corrected chi connectivity index (χ0v) is 7.90. The Kier molecular flexibility index (Phi) is 2.28. The normalized spacial score (nSPS) is 28.2. The third kappa shape index (κ3) is 1.57. The third-order valence-corrected chi connectivity index (χ3v) is 2.46. The van der Waals surface area contributed by atoms with Crippen molar-refractivity contribution in [3.8, 4) is 0 Å². The Morgan fingerprint density at radius 3 is 3.08 bits per heavy atom. The van der Waals surface area contributed by atoms with Crippen molar-refractivity contribution in [1.29, 1.82) is 0 Å². The maximum atomic E-state index is 5.35. The van der Waals surface area contributed by atoms with E-state index in [0.717, 1.165) is 18.8 Å². The van der Waals surface area contributed by atoms with Crippen LogP contribution in [0, 0.1) is 0 Å². The van der Waals surface area contributed by atoms with Gasteiger partial charge in [-0.3, -0.25) is 4.68 Å². The molecular formula is C8H14N4O. The first kappa shape index (κ1) is 8.65. The quantitative estimate of drug-likeness (QED) is 0.671. The molecule has 2 unspecified atom stereocenters. The van der Waals surface area contributed by atoms with Gasteiger partial charge in [0, 0.05) is 39.4 Å². The fourth-order valence-corrected chi connectivity index (χ4v) is 1.73. The highest BCUT2D eigenvalue weighted by molar-refractivity contribution is 5.09. The van der Waals surface area contributed by atoms with Gasteiger partial charge in [-0.25, -0.2) is 0 Å². The molecule has 0 saturated carbocycles. The summed E-state index contributed by atoms with van der Waals surface area (Å²) in [4.78, 5) is 0. The van der Waals surface area contributed by atoms with Gasteiger partial charge < -0.3 is 10.1 Å². The van der Waals surface area contributed by atoms with E-state index in [4.69, 9.17) is 4.74 Å². The average Bonchev–Trinajstić information content (AvgIpc) is 2.71. The zero-order chi connectivity index (χ0) is 9.26. The number of methoxy groups -OCH3 is 1. The molecule has 0 aliphatic carbocycles. The van der Waals surface area contributed by atoms with Crippen LogP contribution in [0.4, 0.5) is 0 Å². The molecule has 1 aliphatic heterocycles. The van der Waals surface area contributed by atoms with E-state index in [2.05, 4.69) is 15.6 Å². The summed E-state index contributed by atoms with van der Waals surface area (Å²) in [5, 5.41) is 11.3. The second-order valence-corrected chi connectivity index (χ2v) is 3.36. The van der Waals surface area contributed by atoms with E-state index in [1.54, 1.807) is 11.8 Å². The van der Waals surface area contributed by atoms with Crippen LogP contribution in [0.5, 0.6) is 0 Å². The maximum absolute atomic E-state index is 5.35. The Hall–Kier alpha value is -0.940. The minimum atomic E-state index is 0.233. The summed E-state index contributed by atoms with van der Waals surface area (Å²) in [7, 11) is 3.61. The fourth-order valence-electron chi connectivity index (χ4n) is 1.73. The van der Waals surface area contributed by atoms with Crippen LogP contribution in [-0.4, -0.2) is 41.3 Å². The van der Waals surface area contributed by atoms with Crippen LogP contribution in [0.2, 0.25) is 0 Å². The number of ether oxygens (including phenoxy) is 1. The highest BCUT2D eigenvalue weighted by Gasteiger charge is 2.30. The minimum Gasteiger partial charge on any atom is -0.379 e. The number of nitrogens with one attached hydrogen (secondary N) is 1. The first-order valence-corrected chi connectivity index (χ1v) is 4.41. The highest BCUT2D eigenvalue weighted by atomic mass is 16.5. The minimum absolute atomic E-state index is 0.233. The standard InChI is InChI=1S/C8H14N4O/c1-12-5-7(10-11-12)6-3-9-4-8(6)13-2/h5-6,8-9H,3-4H2,1-2H3. The molecule has 1 N–H and O–H groups in total. The molecule has 0 bridgehead atoms. The van der Waals surface area contributed by atoms with Crippen molar-refractivity contribution >= 4 is 0 Å². The van der Waals surface area contributed by atoms with Crippen LogP contribution >= 0.6 is 0 Å². The molecule has 1 aliphatic rings. The van der Waals surface area contributed by atoms with E-state index in [0.29, 0.717) is 5.92 Å². The van der Waals surface area contributed by atoms with E-state index in [1.807, 2.05) is 13.2 Å². The van der Waals surface area contributed by atoms with E-state index in [-0.39, 0.29) is 6.10 Å². The highest BCUT2D eigenvalue weighted by Crippen LogP contribution is 2.22. The lowest BCUT2D eigenvalue weighted by atomic mass is 10.0. The summed E-state index contributed by atoms with van der Waals surface area (Å²) in [6.45, 7) is 1.83. The van der Waals surface area contributed by atoms with Gasteiger partial charge in [-0.15, -0.1) is 5.10 Å². The van der Waals surface area contributed by atoms with E-state index < -0.39 is 0 Å². The van der Waals surface area contributed by atoms with Crippen LogP contribution < -0.4 is 5.32 Å². The lowest BCUT2D eigenvalue weighted by Crippen LogP contribution is -2.19. The predicted molar refractivity (Wildman–Crippen MR) is 47.4 cm³/mol. The summed E-state index contributed by atoms with van der Waals surface area (Å²) in [5.74, 6) is 0.346. The number of aromatic nitrogens is 3. The SMILES string of the molecule is COC1CNCC1c1cn(C)nn1. The number of hydrogen-bond acceptors (Lipinski definition) is 4. The monoisotopic (exact) mass is 182 g/mol. The molecule has 1 aromatic heterocycles. The summed E-state index contributed by atoms with van der Waals surface area (Å²) in [6.07, 6.45) is 2.18. The number of hydrogen-bond donors (Lipinski definition) is 1. The van der Waals surface area contributed by atoms with Crippen molar-refractivity contribution in [1.82, 2.24) is 20.3 Å². The van der Waals surface area contributed by atoms with Crippen molar-refractivity contribution in [3.63, 3.8) is 0 Å². The molecule has 2 rings (SSSR count). The average molecular weight is 182 g/mol. The van der Waals surface area contributed by atoms with Crippen LogP contribution in [0.3, 0.4) is 0 Å². The molecule has 1 aromatic rings. The van der Waals surface area contributed by atoms with Crippen molar-refractivity contribution in [3.05, 3.63) is 11.9 Å². The summed E-state index contributed by atoms with van der Waals surface area (Å²) in [6, 6.07) is 0. The molecule has 0 spiro atoms. The summed E-state index contributed by atoms with van der Waals surface area (Å²) >= 11 is 0. The number of nitrogens with zero attached hydrogens (tertiary/aromatic N) is 3. The van der Waals surface area contributed by atoms with Gasteiger partial charge in [-0.1, -0.05) is 5.21 Å². The molecular weight excluding hydrogens is 168 g/mol. The van der Waals surface area contributed by atoms with Gasteiger partial charge in [0.15, 0.2) is 0 Å². The second kappa shape index (κ2) is 3.43. The number of rotatable bonds is 2. The first-order valence-electron chi connectivity index (χ1n) is 4.41. The van der Waals surface area contributed by atoms with Crippen molar-refractivity contribution < 1.29 is 4.74 Å². The van der Waals surface area contributed by atoms with Crippen molar-refractivity contribution in [2.24, 2.45) is 7.05 Å².